The average Bonchev–Trinajstić information content (AvgIpc) is 2.49. The highest BCUT2D eigenvalue weighted by Gasteiger charge is 2.11. The summed E-state index contributed by atoms with van der Waals surface area (Å²) in [6.07, 6.45) is 3.46. The maximum Gasteiger partial charge on any atom is 0.123 e. The van der Waals surface area contributed by atoms with Crippen molar-refractivity contribution in [1.29, 1.82) is 0 Å². The first-order chi connectivity index (χ1) is 9.33. The second-order valence-electron chi connectivity index (χ2n) is 4.16. The third-order valence-corrected chi connectivity index (χ3v) is 2.87. The molecule has 19 heavy (non-hydrogen) atoms. The molecule has 4 heteroatoms. The van der Waals surface area contributed by atoms with Gasteiger partial charge in [0, 0.05) is 24.4 Å². The number of aliphatic hydroxyl groups excluding tert-OH is 1. The summed E-state index contributed by atoms with van der Waals surface area (Å²) >= 11 is 0. The zero-order valence-electron chi connectivity index (χ0n) is 10.8. The van der Waals surface area contributed by atoms with Crippen LogP contribution in [0.3, 0.4) is 0 Å². The van der Waals surface area contributed by atoms with Crippen molar-refractivity contribution in [3.63, 3.8) is 0 Å². The average molecular weight is 259 g/mol. The molecule has 0 saturated heterocycles. The lowest BCUT2D eigenvalue weighted by Gasteiger charge is -2.15. The van der Waals surface area contributed by atoms with Crippen LogP contribution in [0.1, 0.15) is 11.5 Å². The molecule has 1 atom stereocenters. The largest absolute Gasteiger partial charge is 0.497 e. The van der Waals surface area contributed by atoms with Gasteiger partial charge in [-0.3, -0.25) is 4.98 Å². The molecular weight excluding hydrogens is 242 g/mol. The zero-order valence-corrected chi connectivity index (χ0v) is 10.8. The second-order valence-corrected chi connectivity index (χ2v) is 4.16. The van der Waals surface area contributed by atoms with E-state index in [1.807, 2.05) is 36.4 Å². The van der Waals surface area contributed by atoms with Crippen LogP contribution in [-0.2, 0) is 0 Å². The predicted octanol–water partition coefficient (Wildman–Crippen LogP) is 2.25. The molecule has 4 nitrogen and oxygen atoms in total. The molecule has 1 aromatic carbocycles. The molecule has 0 radical (unpaired) electrons. The van der Waals surface area contributed by atoms with Gasteiger partial charge in [-0.25, -0.2) is 0 Å². The fourth-order valence-corrected chi connectivity index (χ4v) is 1.76. The van der Waals surface area contributed by atoms with Gasteiger partial charge in [0.2, 0.25) is 0 Å². The van der Waals surface area contributed by atoms with Crippen molar-refractivity contribution in [1.82, 2.24) is 4.98 Å². The van der Waals surface area contributed by atoms with E-state index in [9.17, 15) is 5.11 Å². The number of methoxy groups -OCH3 is 1. The second kappa shape index (κ2) is 6.75. The van der Waals surface area contributed by atoms with E-state index in [-0.39, 0.29) is 12.5 Å². The lowest BCUT2D eigenvalue weighted by Crippen LogP contribution is -2.14. The monoisotopic (exact) mass is 259 g/mol. The van der Waals surface area contributed by atoms with E-state index in [1.54, 1.807) is 19.5 Å². The highest BCUT2D eigenvalue weighted by Crippen LogP contribution is 2.21. The van der Waals surface area contributed by atoms with Crippen LogP contribution in [0.2, 0.25) is 0 Å². The third kappa shape index (κ3) is 3.69. The number of benzene rings is 1. The maximum atomic E-state index is 9.43. The molecule has 0 bridgehead atoms. The lowest BCUT2D eigenvalue weighted by atomic mass is 10.0. The molecule has 0 aliphatic heterocycles. The van der Waals surface area contributed by atoms with Gasteiger partial charge in [-0.2, -0.15) is 0 Å². The molecule has 0 spiro atoms. The van der Waals surface area contributed by atoms with Crippen LogP contribution in [0.5, 0.6) is 11.5 Å². The summed E-state index contributed by atoms with van der Waals surface area (Å²) in [5.41, 5.74) is 0.966. The van der Waals surface area contributed by atoms with Gasteiger partial charge in [0.25, 0.3) is 0 Å². The first-order valence-corrected chi connectivity index (χ1v) is 6.11. The quantitative estimate of drug-likeness (QED) is 0.864. The first kappa shape index (κ1) is 13.4. The molecule has 100 valence electrons. The van der Waals surface area contributed by atoms with Crippen LogP contribution in [-0.4, -0.2) is 30.4 Å². The van der Waals surface area contributed by atoms with Crippen LogP contribution < -0.4 is 9.47 Å². The maximum absolute atomic E-state index is 9.43. The molecule has 0 aliphatic rings. The van der Waals surface area contributed by atoms with E-state index in [0.717, 1.165) is 17.1 Å². The van der Waals surface area contributed by atoms with E-state index >= 15 is 0 Å². The number of hydrogen-bond donors (Lipinski definition) is 1. The number of ether oxygens (including phenoxy) is 2. The molecule has 0 amide bonds. The normalized spacial score (nSPS) is 11.9. The van der Waals surface area contributed by atoms with Gasteiger partial charge in [0.15, 0.2) is 0 Å². The molecule has 1 heterocycles. The van der Waals surface area contributed by atoms with Gasteiger partial charge < -0.3 is 14.6 Å². The van der Waals surface area contributed by atoms with Crippen molar-refractivity contribution in [2.24, 2.45) is 0 Å². The third-order valence-electron chi connectivity index (χ3n) is 2.87. The van der Waals surface area contributed by atoms with Crippen molar-refractivity contribution in [3.05, 3.63) is 54.4 Å². The van der Waals surface area contributed by atoms with Gasteiger partial charge in [-0.05, 0) is 23.8 Å². The number of nitrogens with zero attached hydrogens (tertiary/aromatic N) is 1. The van der Waals surface area contributed by atoms with E-state index in [4.69, 9.17) is 9.47 Å². The number of pyridine rings is 1. The Bertz CT molecular complexity index is 502. The SMILES string of the molecule is COc1cccc(OCC(CO)c2cccnc2)c1. The van der Waals surface area contributed by atoms with Crippen molar-refractivity contribution >= 4 is 0 Å². The van der Waals surface area contributed by atoms with E-state index in [1.165, 1.54) is 0 Å². The Kier molecular flexibility index (Phi) is 4.75. The van der Waals surface area contributed by atoms with Crippen molar-refractivity contribution in [3.8, 4) is 11.5 Å². The highest BCUT2D eigenvalue weighted by molar-refractivity contribution is 5.33. The van der Waals surface area contributed by atoms with E-state index in [2.05, 4.69) is 4.98 Å². The Labute approximate surface area is 112 Å². The van der Waals surface area contributed by atoms with Gasteiger partial charge >= 0.3 is 0 Å². The van der Waals surface area contributed by atoms with Crippen molar-refractivity contribution in [2.75, 3.05) is 20.3 Å². The number of rotatable bonds is 6. The predicted molar refractivity (Wildman–Crippen MR) is 72.6 cm³/mol. The van der Waals surface area contributed by atoms with E-state index < -0.39 is 0 Å². The molecule has 0 saturated carbocycles. The number of aliphatic hydroxyl groups is 1. The topological polar surface area (TPSA) is 51.6 Å². The highest BCUT2D eigenvalue weighted by atomic mass is 16.5. The summed E-state index contributed by atoms with van der Waals surface area (Å²) in [6, 6.07) is 11.2. The summed E-state index contributed by atoms with van der Waals surface area (Å²) in [4.78, 5) is 4.05. The molecular formula is C15H17NO3. The van der Waals surface area contributed by atoms with E-state index in [0.29, 0.717) is 6.61 Å². The zero-order chi connectivity index (χ0) is 13.5. The fraction of sp³-hybridized carbons (Fsp3) is 0.267. The Morgan fingerprint density at radius 1 is 1.21 bits per heavy atom. The Morgan fingerprint density at radius 3 is 2.74 bits per heavy atom. The molecule has 2 aromatic rings. The van der Waals surface area contributed by atoms with Gasteiger partial charge in [-0.1, -0.05) is 12.1 Å². The van der Waals surface area contributed by atoms with Gasteiger partial charge in [-0.15, -0.1) is 0 Å². The summed E-state index contributed by atoms with van der Waals surface area (Å²) in [7, 11) is 1.62. The standard InChI is InChI=1S/C15H17NO3/c1-18-14-5-2-6-15(8-14)19-11-13(10-17)12-4-3-7-16-9-12/h2-9,13,17H,10-11H2,1H3. The smallest absolute Gasteiger partial charge is 0.123 e. The Balaban J connectivity index is 2.00. The Hall–Kier alpha value is -2.07. The fourth-order valence-electron chi connectivity index (χ4n) is 1.76. The van der Waals surface area contributed by atoms with Gasteiger partial charge in [0.05, 0.1) is 20.3 Å². The van der Waals surface area contributed by atoms with Gasteiger partial charge in [0.1, 0.15) is 11.5 Å². The minimum absolute atomic E-state index is 0.0235. The van der Waals surface area contributed by atoms with Crippen molar-refractivity contribution in [2.45, 2.75) is 5.92 Å². The Morgan fingerprint density at radius 2 is 2.05 bits per heavy atom. The summed E-state index contributed by atoms with van der Waals surface area (Å²) in [5, 5.41) is 9.43. The molecule has 2 rings (SSSR count). The lowest BCUT2D eigenvalue weighted by molar-refractivity contribution is 0.204. The number of hydrogen-bond acceptors (Lipinski definition) is 4. The van der Waals surface area contributed by atoms with Crippen LogP contribution in [0.15, 0.2) is 48.8 Å². The van der Waals surface area contributed by atoms with Crippen LogP contribution in [0, 0.1) is 0 Å². The van der Waals surface area contributed by atoms with Crippen molar-refractivity contribution < 1.29 is 14.6 Å². The molecule has 0 fully saturated rings. The van der Waals surface area contributed by atoms with Crippen LogP contribution >= 0.6 is 0 Å². The summed E-state index contributed by atoms with van der Waals surface area (Å²) < 4.78 is 10.8. The molecule has 1 unspecified atom stereocenters. The van der Waals surface area contributed by atoms with Crippen LogP contribution in [0.25, 0.3) is 0 Å². The molecule has 0 aliphatic carbocycles. The number of aromatic nitrogens is 1. The summed E-state index contributed by atoms with van der Waals surface area (Å²) in [5.74, 6) is 1.39. The first-order valence-electron chi connectivity index (χ1n) is 6.11. The minimum atomic E-state index is -0.0834. The van der Waals surface area contributed by atoms with Crippen LogP contribution in [0.4, 0.5) is 0 Å². The molecule has 1 aromatic heterocycles. The molecule has 1 N–H and O–H groups in total. The minimum Gasteiger partial charge on any atom is -0.497 e. The summed E-state index contributed by atoms with van der Waals surface area (Å²) in [6.45, 7) is 0.422.